The monoisotopic (exact) mass is 231 g/mol. The largest absolute Gasteiger partial charge is 0.454 e. The maximum absolute atomic E-state index is 13.5. The fourth-order valence-electron chi connectivity index (χ4n) is 1.52. The van der Waals surface area contributed by atoms with E-state index in [4.69, 9.17) is 10.5 Å². The van der Waals surface area contributed by atoms with Gasteiger partial charge in [0.1, 0.15) is 5.75 Å². The number of aryl methyl sites for hydroxylation is 1. The van der Waals surface area contributed by atoms with Crippen molar-refractivity contribution in [1.82, 2.24) is 0 Å². The maximum Gasteiger partial charge on any atom is 0.167 e. The van der Waals surface area contributed by atoms with Crippen molar-refractivity contribution in [3.05, 3.63) is 53.8 Å². The first-order valence-electron chi connectivity index (χ1n) is 5.51. The average molecular weight is 231 g/mol. The zero-order valence-corrected chi connectivity index (χ0v) is 9.61. The predicted octanol–water partition coefficient (Wildman–Crippen LogP) is 3.76. The quantitative estimate of drug-likeness (QED) is 0.816. The van der Waals surface area contributed by atoms with E-state index in [2.05, 4.69) is 6.92 Å². The van der Waals surface area contributed by atoms with Crippen molar-refractivity contribution in [2.24, 2.45) is 0 Å². The molecule has 2 N–H and O–H groups in total. The van der Waals surface area contributed by atoms with Crippen LogP contribution < -0.4 is 10.5 Å². The van der Waals surface area contributed by atoms with Crippen LogP contribution in [0, 0.1) is 5.82 Å². The van der Waals surface area contributed by atoms with Crippen LogP contribution in [-0.2, 0) is 6.42 Å². The van der Waals surface area contributed by atoms with Gasteiger partial charge in [0.05, 0.1) is 0 Å². The number of benzene rings is 2. The van der Waals surface area contributed by atoms with Crippen LogP contribution in [0.3, 0.4) is 0 Å². The number of nitrogen functional groups attached to an aromatic ring is 1. The molecule has 0 amide bonds. The van der Waals surface area contributed by atoms with Crippen molar-refractivity contribution in [2.75, 3.05) is 5.73 Å². The van der Waals surface area contributed by atoms with E-state index in [1.165, 1.54) is 17.7 Å². The van der Waals surface area contributed by atoms with Crippen LogP contribution in [0.15, 0.2) is 42.5 Å². The summed E-state index contributed by atoms with van der Waals surface area (Å²) in [6, 6.07) is 12.0. The van der Waals surface area contributed by atoms with Crippen molar-refractivity contribution in [3.63, 3.8) is 0 Å². The number of anilines is 1. The van der Waals surface area contributed by atoms with Crippen LogP contribution in [0.2, 0.25) is 0 Å². The highest BCUT2D eigenvalue weighted by molar-refractivity contribution is 5.44. The van der Waals surface area contributed by atoms with Gasteiger partial charge in [-0.05, 0) is 36.2 Å². The summed E-state index contributed by atoms with van der Waals surface area (Å²) in [6.45, 7) is 2.08. The van der Waals surface area contributed by atoms with Crippen LogP contribution in [0.5, 0.6) is 11.5 Å². The van der Waals surface area contributed by atoms with E-state index in [0.29, 0.717) is 11.4 Å². The van der Waals surface area contributed by atoms with Gasteiger partial charge in [-0.3, -0.25) is 0 Å². The first-order chi connectivity index (χ1) is 8.19. The van der Waals surface area contributed by atoms with Gasteiger partial charge in [0.25, 0.3) is 0 Å². The van der Waals surface area contributed by atoms with Gasteiger partial charge in [-0.2, -0.15) is 0 Å². The fourth-order valence-corrected chi connectivity index (χ4v) is 1.52. The lowest BCUT2D eigenvalue weighted by Gasteiger charge is -2.07. The molecule has 2 aromatic carbocycles. The van der Waals surface area contributed by atoms with Crippen LogP contribution in [0.25, 0.3) is 0 Å². The Morgan fingerprint density at radius 3 is 2.41 bits per heavy atom. The van der Waals surface area contributed by atoms with Gasteiger partial charge in [-0.25, -0.2) is 4.39 Å². The predicted molar refractivity (Wildman–Crippen MR) is 66.7 cm³/mol. The Balaban J connectivity index is 2.19. The average Bonchev–Trinajstić information content (AvgIpc) is 2.34. The van der Waals surface area contributed by atoms with Crippen molar-refractivity contribution >= 4 is 5.69 Å². The van der Waals surface area contributed by atoms with Gasteiger partial charge in [-0.15, -0.1) is 0 Å². The molecule has 3 heteroatoms. The number of hydrogen-bond acceptors (Lipinski definition) is 2. The van der Waals surface area contributed by atoms with Gasteiger partial charge in [0.15, 0.2) is 11.6 Å². The molecular formula is C14H14FNO. The van der Waals surface area contributed by atoms with Crippen LogP contribution in [0.4, 0.5) is 10.1 Å². The Bertz CT molecular complexity index is 508. The fraction of sp³-hybridized carbons (Fsp3) is 0.143. The Kier molecular flexibility index (Phi) is 3.28. The number of hydrogen-bond donors (Lipinski definition) is 1. The summed E-state index contributed by atoms with van der Waals surface area (Å²) in [6.07, 6.45) is 0.969. The zero-order chi connectivity index (χ0) is 12.3. The summed E-state index contributed by atoms with van der Waals surface area (Å²) in [4.78, 5) is 0. The molecule has 0 radical (unpaired) electrons. The van der Waals surface area contributed by atoms with Gasteiger partial charge in [-0.1, -0.05) is 19.1 Å². The summed E-state index contributed by atoms with van der Waals surface area (Å²) >= 11 is 0. The number of ether oxygens (including phenoxy) is 1. The zero-order valence-electron chi connectivity index (χ0n) is 9.61. The van der Waals surface area contributed by atoms with E-state index < -0.39 is 5.82 Å². The van der Waals surface area contributed by atoms with E-state index in [1.54, 1.807) is 6.07 Å². The molecule has 0 atom stereocenters. The summed E-state index contributed by atoms with van der Waals surface area (Å²) < 4.78 is 18.9. The van der Waals surface area contributed by atoms with Crippen LogP contribution >= 0.6 is 0 Å². The van der Waals surface area contributed by atoms with Gasteiger partial charge < -0.3 is 10.5 Å². The lowest BCUT2D eigenvalue weighted by atomic mass is 10.2. The molecule has 0 aliphatic rings. The summed E-state index contributed by atoms with van der Waals surface area (Å²) in [5.41, 5.74) is 7.07. The normalized spacial score (nSPS) is 10.2. The van der Waals surface area contributed by atoms with Gasteiger partial charge in [0, 0.05) is 11.8 Å². The van der Waals surface area contributed by atoms with E-state index in [-0.39, 0.29) is 5.75 Å². The molecule has 0 saturated heterocycles. The molecule has 2 nitrogen and oxygen atoms in total. The lowest BCUT2D eigenvalue weighted by molar-refractivity contribution is 0.442. The second-order valence-electron chi connectivity index (χ2n) is 3.79. The topological polar surface area (TPSA) is 35.2 Å². The van der Waals surface area contributed by atoms with E-state index in [1.807, 2.05) is 24.3 Å². The van der Waals surface area contributed by atoms with Crippen molar-refractivity contribution < 1.29 is 9.13 Å². The number of nitrogens with two attached hydrogens (primary N) is 1. The maximum atomic E-state index is 13.5. The second-order valence-corrected chi connectivity index (χ2v) is 3.79. The minimum atomic E-state index is -0.454. The highest BCUT2D eigenvalue weighted by atomic mass is 19.1. The molecule has 2 aromatic rings. The lowest BCUT2D eigenvalue weighted by Crippen LogP contribution is -1.91. The standard InChI is InChI=1S/C14H14FNO/c1-2-10-3-6-12(7-4-10)17-14-8-5-11(16)9-13(14)15/h3-9H,2,16H2,1H3. The van der Waals surface area contributed by atoms with Crippen LogP contribution in [0.1, 0.15) is 12.5 Å². The summed E-state index contributed by atoms with van der Waals surface area (Å²) in [5.74, 6) is 0.346. The number of halogens is 1. The van der Waals surface area contributed by atoms with Gasteiger partial charge in [0.2, 0.25) is 0 Å². The van der Waals surface area contributed by atoms with E-state index in [9.17, 15) is 4.39 Å². The molecule has 0 aromatic heterocycles. The van der Waals surface area contributed by atoms with Crippen LogP contribution in [-0.4, -0.2) is 0 Å². The minimum Gasteiger partial charge on any atom is -0.454 e. The Hall–Kier alpha value is -2.03. The molecule has 0 bridgehead atoms. The molecule has 0 spiro atoms. The molecule has 0 unspecified atom stereocenters. The Morgan fingerprint density at radius 1 is 1.12 bits per heavy atom. The smallest absolute Gasteiger partial charge is 0.167 e. The molecule has 0 saturated carbocycles. The Morgan fingerprint density at radius 2 is 1.82 bits per heavy atom. The van der Waals surface area contributed by atoms with Crippen molar-refractivity contribution in [2.45, 2.75) is 13.3 Å². The third-order valence-electron chi connectivity index (χ3n) is 2.52. The van der Waals surface area contributed by atoms with Crippen molar-refractivity contribution in [3.8, 4) is 11.5 Å². The molecule has 0 aliphatic carbocycles. The number of rotatable bonds is 3. The highest BCUT2D eigenvalue weighted by Gasteiger charge is 2.04. The first-order valence-corrected chi connectivity index (χ1v) is 5.51. The van der Waals surface area contributed by atoms with Gasteiger partial charge >= 0.3 is 0 Å². The molecule has 0 aliphatic heterocycles. The molecule has 88 valence electrons. The van der Waals surface area contributed by atoms with E-state index >= 15 is 0 Å². The third kappa shape index (κ3) is 2.75. The molecule has 2 rings (SSSR count). The summed E-state index contributed by atoms with van der Waals surface area (Å²) in [5, 5.41) is 0. The first kappa shape index (κ1) is 11.5. The van der Waals surface area contributed by atoms with E-state index in [0.717, 1.165) is 6.42 Å². The Labute approximate surface area is 99.8 Å². The SMILES string of the molecule is CCc1ccc(Oc2ccc(N)cc2F)cc1. The highest BCUT2D eigenvalue weighted by Crippen LogP contribution is 2.25. The minimum absolute atomic E-state index is 0.184. The molecule has 0 heterocycles. The third-order valence-corrected chi connectivity index (χ3v) is 2.52. The van der Waals surface area contributed by atoms with Crippen molar-refractivity contribution in [1.29, 1.82) is 0 Å². The summed E-state index contributed by atoms with van der Waals surface area (Å²) in [7, 11) is 0. The molecule has 0 fully saturated rings. The molecular weight excluding hydrogens is 217 g/mol. The molecule has 17 heavy (non-hydrogen) atoms. The second kappa shape index (κ2) is 4.87.